The van der Waals surface area contributed by atoms with Crippen molar-refractivity contribution in [2.45, 2.75) is 25.5 Å². The Balaban J connectivity index is 1.43. The predicted octanol–water partition coefficient (Wildman–Crippen LogP) is 0.764. The van der Waals surface area contributed by atoms with Crippen LogP contribution in [-0.4, -0.2) is 72.5 Å². The first-order valence-corrected chi connectivity index (χ1v) is 9.90. The van der Waals surface area contributed by atoms with Gasteiger partial charge in [0.2, 0.25) is 5.95 Å². The highest BCUT2D eigenvalue weighted by atomic mass is 16.4. The van der Waals surface area contributed by atoms with Crippen LogP contribution in [0.3, 0.4) is 0 Å². The maximum absolute atomic E-state index is 13.1. The van der Waals surface area contributed by atoms with Crippen molar-refractivity contribution < 1.29 is 19.8 Å². The Kier molecular flexibility index (Phi) is 4.24. The van der Waals surface area contributed by atoms with Gasteiger partial charge in [-0.25, -0.2) is 9.78 Å². The molecular formula is C20H22N6O4. The molecule has 1 saturated heterocycles. The van der Waals surface area contributed by atoms with Gasteiger partial charge in [0.05, 0.1) is 23.7 Å². The lowest BCUT2D eigenvalue weighted by atomic mass is 10.0. The fourth-order valence-corrected chi connectivity index (χ4v) is 4.35. The summed E-state index contributed by atoms with van der Waals surface area (Å²) in [4.78, 5) is 32.9. The number of benzene rings is 1. The summed E-state index contributed by atoms with van der Waals surface area (Å²) in [7, 11) is 1.93. The average molecular weight is 410 g/mol. The normalized spacial score (nSPS) is 18.8. The molecule has 0 spiro atoms. The second-order valence-electron chi connectivity index (χ2n) is 7.87. The van der Waals surface area contributed by atoms with Crippen LogP contribution < -0.4 is 4.90 Å². The number of aromatic carboxylic acids is 1. The zero-order valence-corrected chi connectivity index (χ0v) is 16.5. The smallest absolute Gasteiger partial charge is 0.356 e. The van der Waals surface area contributed by atoms with E-state index >= 15 is 0 Å². The van der Waals surface area contributed by atoms with Gasteiger partial charge in [0.1, 0.15) is 0 Å². The molecule has 10 heteroatoms. The Morgan fingerprint density at radius 1 is 1.27 bits per heavy atom. The van der Waals surface area contributed by atoms with Crippen LogP contribution in [0.2, 0.25) is 0 Å². The third-order valence-electron chi connectivity index (χ3n) is 5.97. The van der Waals surface area contributed by atoms with E-state index in [9.17, 15) is 19.8 Å². The molecule has 1 fully saturated rings. The Hall–Kier alpha value is -3.40. The summed E-state index contributed by atoms with van der Waals surface area (Å²) < 4.78 is 1.97. The van der Waals surface area contributed by atoms with Crippen molar-refractivity contribution >= 4 is 28.9 Å². The molecule has 3 N–H and O–H groups in total. The van der Waals surface area contributed by atoms with Crippen molar-refractivity contribution in [2.75, 3.05) is 24.5 Å². The van der Waals surface area contributed by atoms with Gasteiger partial charge in [0.25, 0.3) is 5.91 Å². The van der Waals surface area contributed by atoms with Crippen molar-refractivity contribution in [3.05, 3.63) is 40.7 Å². The number of fused-ring (bicyclic) bond motifs is 2. The van der Waals surface area contributed by atoms with Gasteiger partial charge in [-0.05, 0) is 24.6 Å². The van der Waals surface area contributed by atoms with E-state index in [1.54, 1.807) is 17.0 Å². The van der Waals surface area contributed by atoms with Gasteiger partial charge >= 0.3 is 5.97 Å². The largest absolute Gasteiger partial charge is 0.476 e. The Morgan fingerprint density at radius 2 is 2.10 bits per heavy atom. The number of nitrogens with zero attached hydrogens (tertiary/aromatic N) is 5. The van der Waals surface area contributed by atoms with Crippen LogP contribution in [0.5, 0.6) is 0 Å². The number of β-amino-alcohol motifs (C(OH)–C–C–N with tert-alkyl or cyclic N) is 1. The number of aliphatic hydroxyl groups excluding tert-OH is 1. The zero-order chi connectivity index (χ0) is 21.0. The molecule has 10 nitrogen and oxygen atoms in total. The second kappa shape index (κ2) is 6.84. The predicted molar refractivity (Wildman–Crippen MR) is 108 cm³/mol. The number of nitrogens with one attached hydrogen (secondary N) is 1. The number of aryl methyl sites for hydroxylation is 1. The first-order chi connectivity index (χ1) is 14.4. The third kappa shape index (κ3) is 2.91. The zero-order valence-electron chi connectivity index (χ0n) is 16.5. The number of carbonyl (C=O) groups excluding carboxylic acids is 1. The van der Waals surface area contributed by atoms with E-state index < -0.39 is 5.97 Å². The molecule has 3 aromatic rings. The quantitative estimate of drug-likeness (QED) is 0.582. The third-order valence-corrected chi connectivity index (χ3v) is 5.97. The molecule has 2 aliphatic rings. The SMILES string of the molecule is Cn1c(N2CC[C@H](O)C2)nc2cc(C(=O)N3CCc4[nH]nc(C(=O)O)c4C3)ccc21. The van der Waals surface area contributed by atoms with E-state index in [4.69, 9.17) is 4.98 Å². The molecule has 0 bridgehead atoms. The Bertz CT molecular complexity index is 1170. The van der Waals surface area contributed by atoms with Gasteiger partial charge in [-0.3, -0.25) is 9.89 Å². The molecule has 0 saturated carbocycles. The molecule has 0 radical (unpaired) electrons. The summed E-state index contributed by atoms with van der Waals surface area (Å²) in [5.41, 5.74) is 3.45. The van der Waals surface area contributed by atoms with E-state index in [-0.39, 0.29) is 24.2 Å². The van der Waals surface area contributed by atoms with Gasteiger partial charge < -0.3 is 24.6 Å². The highest BCUT2D eigenvalue weighted by Crippen LogP contribution is 2.27. The van der Waals surface area contributed by atoms with Gasteiger partial charge in [-0.15, -0.1) is 0 Å². The number of carboxylic acid groups (broad SMARTS) is 1. The molecule has 2 aromatic heterocycles. The molecular weight excluding hydrogens is 388 g/mol. The number of amides is 1. The van der Waals surface area contributed by atoms with Crippen LogP contribution in [0.25, 0.3) is 11.0 Å². The number of rotatable bonds is 3. The van der Waals surface area contributed by atoms with Crippen LogP contribution in [0.15, 0.2) is 18.2 Å². The summed E-state index contributed by atoms with van der Waals surface area (Å²) in [5.74, 6) is -0.488. The summed E-state index contributed by atoms with van der Waals surface area (Å²) in [6.07, 6.45) is 0.912. The molecule has 1 aromatic carbocycles. The summed E-state index contributed by atoms with van der Waals surface area (Å²) in [6.45, 7) is 2.00. The molecule has 2 aliphatic heterocycles. The fourth-order valence-electron chi connectivity index (χ4n) is 4.35. The van der Waals surface area contributed by atoms with Crippen molar-refractivity contribution in [3.8, 4) is 0 Å². The monoisotopic (exact) mass is 410 g/mol. The number of aromatic amines is 1. The van der Waals surface area contributed by atoms with E-state index in [2.05, 4.69) is 10.2 Å². The number of H-pyrrole nitrogens is 1. The van der Waals surface area contributed by atoms with Crippen LogP contribution in [0, 0.1) is 0 Å². The molecule has 1 amide bonds. The van der Waals surface area contributed by atoms with Gasteiger partial charge in [-0.1, -0.05) is 0 Å². The fraction of sp³-hybridized carbons (Fsp3) is 0.400. The van der Waals surface area contributed by atoms with Gasteiger partial charge in [0.15, 0.2) is 5.69 Å². The van der Waals surface area contributed by atoms with Crippen molar-refractivity contribution in [1.29, 1.82) is 0 Å². The summed E-state index contributed by atoms with van der Waals surface area (Å²) in [6, 6.07) is 5.43. The standard InChI is InChI=1S/C20H22N6O4/c1-24-16-3-2-11(8-15(16)21-20(24)26-6-4-12(27)9-26)18(28)25-7-5-14-13(10-25)17(19(29)30)23-22-14/h2-3,8,12,27H,4-7,9-10H2,1H3,(H,22,23)(H,29,30)/t12-/m0/s1. The van der Waals surface area contributed by atoms with Crippen LogP contribution in [0.1, 0.15) is 38.5 Å². The average Bonchev–Trinajstić information content (AvgIpc) is 3.43. The van der Waals surface area contributed by atoms with Gasteiger partial charge in [0, 0.05) is 49.9 Å². The van der Waals surface area contributed by atoms with Gasteiger partial charge in [-0.2, -0.15) is 5.10 Å². The summed E-state index contributed by atoms with van der Waals surface area (Å²) in [5, 5.41) is 25.8. The maximum Gasteiger partial charge on any atom is 0.356 e. The maximum atomic E-state index is 13.1. The van der Waals surface area contributed by atoms with E-state index in [1.165, 1.54) is 0 Å². The second-order valence-corrected chi connectivity index (χ2v) is 7.87. The molecule has 4 heterocycles. The number of hydrogen-bond donors (Lipinski definition) is 3. The number of aromatic nitrogens is 4. The van der Waals surface area contributed by atoms with Crippen LogP contribution in [0.4, 0.5) is 5.95 Å². The lowest BCUT2D eigenvalue weighted by Gasteiger charge is -2.27. The Morgan fingerprint density at radius 3 is 2.83 bits per heavy atom. The first-order valence-electron chi connectivity index (χ1n) is 9.90. The lowest BCUT2D eigenvalue weighted by Crippen LogP contribution is -2.36. The van der Waals surface area contributed by atoms with Crippen LogP contribution >= 0.6 is 0 Å². The van der Waals surface area contributed by atoms with E-state index in [1.807, 2.05) is 22.6 Å². The van der Waals surface area contributed by atoms with E-state index in [0.717, 1.165) is 30.1 Å². The Labute approximate surface area is 171 Å². The molecule has 30 heavy (non-hydrogen) atoms. The molecule has 5 rings (SSSR count). The van der Waals surface area contributed by atoms with E-state index in [0.29, 0.717) is 36.2 Å². The number of imidazole rings is 1. The minimum Gasteiger partial charge on any atom is -0.476 e. The molecule has 1 atom stereocenters. The first kappa shape index (κ1) is 18.6. The van der Waals surface area contributed by atoms with Crippen molar-refractivity contribution in [1.82, 2.24) is 24.6 Å². The summed E-state index contributed by atoms with van der Waals surface area (Å²) >= 11 is 0. The number of carboxylic acids is 1. The number of carbonyl (C=O) groups is 2. The molecule has 156 valence electrons. The highest BCUT2D eigenvalue weighted by molar-refractivity contribution is 5.98. The van der Waals surface area contributed by atoms with Crippen molar-refractivity contribution in [2.24, 2.45) is 7.05 Å². The molecule has 0 aliphatic carbocycles. The number of aliphatic hydroxyl groups is 1. The highest BCUT2D eigenvalue weighted by Gasteiger charge is 2.29. The number of anilines is 1. The minimum atomic E-state index is -1.10. The lowest BCUT2D eigenvalue weighted by molar-refractivity contribution is 0.0674. The minimum absolute atomic E-state index is 0.0277. The number of hydrogen-bond acceptors (Lipinski definition) is 6. The topological polar surface area (TPSA) is 128 Å². The van der Waals surface area contributed by atoms with Crippen molar-refractivity contribution in [3.63, 3.8) is 0 Å². The molecule has 0 unspecified atom stereocenters. The van der Waals surface area contributed by atoms with Crippen LogP contribution in [-0.2, 0) is 20.0 Å².